The molecule has 0 aliphatic rings. The third-order valence-corrected chi connectivity index (χ3v) is 2.95. The van der Waals surface area contributed by atoms with Crippen molar-refractivity contribution in [2.24, 2.45) is 0 Å². The number of pyridine rings is 1. The lowest BCUT2D eigenvalue weighted by Gasteiger charge is -2.10. The smallest absolute Gasteiger partial charge is 0.252 e. The quantitative estimate of drug-likeness (QED) is 0.903. The Hall–Kier alpha value is -2.20. The lowest BCUT2D eigenvalue weighted by Crippen LogP contribution is -2.31. The minimum Gasteiger partial charge on any atom is -0.351 e. The zero-order chi connectivity index (χ0) is 14.4. The zero-order valence-electron chi connectivity index (χ0n) is 11.8. The summed E-state index contributed by atoms with van der Waals surface area (Å²) in [6, 6.07) is 11.8. The first kappa shape index (κ1) is 14.2. The normalized spacial score (nSPS) is 10.6. The van der Waals surface area contributed by atoms with E-state index in [1.165, 1.54) is 0 Å². The highest BCUT2D eigenvalue weighted by molar-refractivity contribution is 5.95. The van der Waals surface area contributed by atoms with Gasteiger partial charge in [0.15, 0.2) is 0 Å². The molecule has 1 aromatic carbocycles. The lowest BCUT2D eigenvalue weighted by atomic mass is 10.1. The fraction of sp³-hybridized carbons (Fsp3) is 0.250. The van der Waals surface area contributed by atoms with Crippen LogP contribution < -0.4 is 5.32 Å². The molecule has 0 saturated carbocycles. The van der Waals surface area contributed by atoms with Crippen LogP contribution in [-0.2, 0) is 0 Å². The van der Waals surface area contributed by atoms with Crippen LogP contribution in [0.5, 0.6) is 0 Å². The molecule has 0 spiro atoms. The van der Waals surface area contributed by atoms with Gasteiger partial charge in [0.2, 0.25) is 0 Å². The van der Waals surface area contributed by atoms with Crippen molar-refractivity contribution in [3.8, 4) is 11.1 Å². The molecule has 1 amide bonds. The third kappa shape index (κ3) is 3.90. The van der Waals surface area contributed by atoms with E-state index in [1.54, 1.807) is 12.4 Å². The van der Waals surface area contributed by atoms with Gasteiger partial charge in [-0.1, -0.05) is 30.3 Å². The van der Waals surface area contributed by atoms with E-state index in [4.69, 9.17) is 0 Å². The molecule has 20 heavy (non-hydrogen) atoms. The van der Waals surface area contributed by atoms with Gasteiger partial charge in [-0.3, -0.25) is 9.78 Å². The summed E-state index contributed by atoms with van der Waals surface area (Å²) in [5.41, 5.74) is 2.60. The Kier molecular flexibility index (Phi) is 4.85. The number of aromatic nitrogens is 1. The van der Waals surface area contributed by atoms with Gasteiger partial charge >= 0.3 is 0 Å². The Labute approximate surface area is 119 Å². The number of rotatable bonds is 5. The van der Waals surface area contributed by atoms with Crippen LogP contribution in [0.15, 0.2) is 48.8 Å². The molecule has 1 aromatic heterocycles. The van der Waals surface area contributed by atoms with Gasteiger partial charge in [0.1, 0.15) is 0 Å². The maximum atomic E-state index is 12.0. The second-order valence-corrected chi connectivity index (χ2v) is 4.89. The molecule has 1 heterocycles. The first-order chi connectivity index (χ1) is 9.66. The number of carbonyl (C=O) groups excluding carboxylic acids is 1. The van der Waals surface area contributed by atoms with E-state index in [1.807, 2.05) is 55.4 Å². The van der Waals surface area contributed by atoms with E-state index >= 15 is 0 Å². The first-order valence-corrected chi connectivity index (χ1v) is 6.60. The summed E-state index contributed by atoms with van der Waals surface area (Å²) in [7, 11) is 3.95. The molecular weight excluding hydrogens is 250 g/mol. The summed E-state index contributed by atoms with van der Waals surface area (Å²) in [6.45, 7) is 1.44. The van der Waals surface area contributed by atoms with Crippen LogP contribution >= 0.6 is 0 Å². The van der Waals surface area contributed by atoms with Crippen LogP contribution in [0, 0.1) is 0 Å². The molecule has 0 aliphatic heterocycles. The van der Waals surface area contributed by atoms with Crippen molar-refractivity contribution >= 4 is 5.91 Å². The largest absolute Gasteiger partial charge is 0.351 e. The van der Waals surface area contributed by atoms with Crippen molar-refractivity contribution in [3.63, 3.8) is 0 Å². The first-order valence-electron chi connectivity index (χ1n) is 6.60. The standard InChI is InChI=1S/C16H19N3O/c1-19(2)9-8-18-16(20)15-10-14(11-17-12-15)13-6-4-3-5-7-13/h3-7,10-12H,8-9H2,1-2H3,(H,18,20). The molecule has 0 fully saturated rings. The predicted octanol–water partition coefficient (Wildman–Crippen LogP) is 2.04. The fourth-order valence-corrected chi connectivity index (χ4v) is 1.85. The number of hydrogen-bond donors (Lipinski definition) is 1. The maximum Gasteiger partial charge on any atom is 0.252 e. The molecular formula is C16H19N3O. The summed E-state index contributed by atoms with van der Waals surface area (Å²) < 4.78 is 0. The number of amides is 1. The van der Waals surface area contributed by atoms with Crippen LogP contribution in [0.2, 0.25) is 0 Å². The molecule has 0 radical (unpaired) electrons. The van der Waals surface area contributed by atoms with Crippen LogP contribution in [0.3, 0.4) is 0 Å². The summed E-state index contributed by atoms with van der Waals surface area (Å²) >= 11 is 0. The zero-order valence-corrected chi connectivity index (χ0v) is 11.8. The van der Waals surface area contributed by atoms with Gasteiger partial charge in [0.05, 0.1) is 5.56 Å². The van der Waals surface area contributed by atoms with E-state index in [9.17, 15) is 4.79 Å². The van der Waals surface area contributed by atoms with E-state index < -0.39 is 0 Å². The van der Waals surface area contributed by atoms with Gasteiger partial charge in [-0.25, -0.2) is 0 Å². The lowest BCUT2D eigenvalue weighted by molar-refractivity contribution is 0.0950. The third-order valence-electron chi connectivity index (χ3n) is 2.95. The highest BCUT2D eigenvalue weighted by Crippen LogP contribution is 2.18. The van der Waals surface area contributed by atoms with Gasteiger partial charge < -0.3 is 10.2 Å². The number of nitrogens with one attached hydrogen (secondary N) is 1. The van der Waals surface area contributed by atoms with Crippen LogP contribution in [0.25, 0.3) is 11.1 Å². The molecule has 1 N–H and O–H groups in total. The Morgan fingerprint density at radius 2 is 1.90 bits per heavy atom. The monoisotopic (exact) mass is 269 g/mol. The number of benzene rings is 1. The van der Waals surface area contributed by atoms with Crippen molar-refractivity contribution < 1.29 is 4.79 Å². The SMILES string of the molecule is CN(C)CCNC(=O)c1cncc(-c2ccccc2)c1. The average molecular weight is 269 g/mol. The molecule has 4 nitrogen and oxygen atoms in total. The molecule has 0 unspecified atom stereocenters. The van der Waals surface area contributed by atoms with E-state index in [2.05, 4.69) is 10.3 Å². The number of carbonyl (C=O) groups is 1. The molecule has 0 bridgehead atoms. The summed E-state index contributed by atoms with van der Waals surface area (Å²) in [5, 5.41) is 2.89. The summed E-state index contributed by atoms with van der Waals surface area (Å²) in [6.07, 6.45) is 3.36. The van der Waals surface area contributed by atoms with E-state index in [-0.39, 0.29) is 5.91 Å². The second-order valence-electron chi connectivity index (χ2n) is 4.89. The number of likely N-dealkylation sites (N-methyl/N-ethyl adjacent to an activating group) is 1. The van der Waals surface area contributed by atoms with Gasteiger partial charge in [-0.15, -0.1) is 0 Å². The Bertz CT molecular complexity index is 567. The van der Waals surface area contributed by atoms with Crippen molar-refractivity contribution in [2.75, 3.05) is 27.2 Å². The molecule has 4 heteroatoms. The van der Waals surface area contributed by atoms with Gasteiger partial charge in [-0.2, -0.15) is 0 Å². The Morgan fingerprint density at radius 1 is 1.15 bits per heavy atom. The van der Waals surface area contributed by atoms with Gasteiger partial charge in [-0.05, 0) is 25.7 Å². The van der Waals surface area contributed by atoms with Gasteiger partial charge in [0.25, 0.3) is 5.91 Å². The topological polar surface area (TPSA) is 45.2 Å². The molecule has 0 saturated heterocycles. The molecule has 0 aliphatic carbocycles. The maximum absolute atomic E-state index is 12.0. The van der Waals surface area contributed by atoms with Crippen LogP contribution in [0.4, 0.5) is 0 Å². The van der Waals surface area contributed by atoms with Crippen molar-refractivity contribution in [3.05, 3.63) is 54.4 Å². The fourth-order valence-electron chi connectivity index (χ4n) is 1.85. The minimum atomic E-state index is -0.0860. The highest BCUT2D eigenvalue weighted by atomic mass is 16.1. The molecule has 2 rings (SSSR count). The van der Waals surface area contributed by atoms with Crippen molar-refractivity contribution in [1.82, 2.24) is 15.2 Å². The average Bonchev–Trinajstić information content (AvgIpc) is 2.48. The highest BCUT2D eigenvalue weighted by Gasteiger charge is 2.07. The number of hydrogen-bond acceptors (Lipinski definition) is 3. The van der Waals surface area contributed by atoms with E-state index in [0.29, 0.717) is 12.1 Å². The summed E-state index contributed by atoms with van der Waals surface area (Å²) in [5.74, 6) is -0.0860. The van der Waals surface area contributed by atoms with Crippen molar-refractivity contribution in [2.45, 2.75) is 0 Å². The van der Waals surface area contributed by atoms with Gasteiger partial charge in [0, 0.05) is 31.0 Å². The Balaban J connectivity index is 2.08. The minimum absolute atomic E-state index is 0.0860. The van der Waals surface area contributed by atoms with Crippen LogP contribution in [-0.4, -0.2) is 43.0 Å². The van der Waals surface area contributed by atoms with Crippen molar-refractivity contribution in [1.29, 1.82) is 0 Å². The van der Waals surface area contributed by atoms with Crippen LogP contribution in [0.1, 0.15) is 10.4 Å². The number of nitrogens with zero attached hydrogens (tertiary/aromatic N) is 2. The second kappa shape index (κ2) is 6.82. The van der Waals surface area contributed by atoms with E-state index in [0.717, 1.165) is 17.7 Å². The predicted molar refractivity (Wildman–Crippen MR) is 80.6 cm³/mol. The Morgan fingerprint density at radius 3 is 2.60 bits per heavy atom. The molecule has 2 aromatic rings. The molecule has 0 atom stereocenters. The molecule has 104 valence electrons. The summed E-state index contributed by atoms with van der Waals surface area (Å²) in [4.78, 5) is 18.2.